The lowest BCUT2D eigenvalue weighted by molar-refractivity contribution is -0.120. The molecule has 0 saturated heterocycles. The van der Waals surface area contributed by atoms with E-state index in [0.29, 0.717) is 11.6 Å². The molecule has 5 nitrogen and oxygen atoms in total. The molecule has 0 heterocycles. The zero-order chi connectivity index (χ0) is 18.4. The number of hydrogen-bond donors (Lipinski definition) is 2. The average Bonchev–Trinajstić information content (AvgIpc) is 2.53. The average molecular weight is 372 g/mol. The largest absolute Gasteiger partial charge is 0.355 e. The summed E-state index contributed by atoms with van der Waals surface area (Å²) in [6, 6.07) is 7.52. The van der Waals surface area contributed by atoms with Crippen molar-refractivity contribution in [1.29, 1.82) is 0 Å². The molecule has 0 aliphatic heterocycles. The van der Waals surface area contributed by atoms with Crippen molar-refractivity contribution in [3.63, 3.8) is 0 Å². The van der Waals surface area contributed by atoms with Gasteiger partial charge in [0.05, 0.1) is 6.42 Å². The fraction of sp³-hybridized carbons (Fsp3) is 0.188. The number of sulfonamides is 1. The molecule has 2 aromatic rings. The highest BCUT2D eigenvalue weighted by atomic mass is 32.2. The van der Waals surface area contributed by atoms with Crippen molar-refractivity contribution in [3.05, 3.63) is 65.5 Å². The molecule has 0 aliphatic rings. The van der Waals surface area contributed by atoms with Crippen molar-refractivity contribution < 1.29 is 26.4 Å². The third kappa shape index (κ3) is 5.57. The first-order chi connectivity index (χ1) is 11.8. The predicted molar refractivity (Wildman–Crippen MR) is 84.7 cm³/mol. The number of rotatable bonds is 7. The third-order valence-corrected chi connectivity index (χ3v) is 4.69. The van der Waals surface area contributed by atoms with Crippen LogP contribution in [0.25, 0.3) is 0 Å². The Kier molecular flexibility index (Phi) is 6.16. The number of carbonyl (C=O) groups is 1. The lowest BCUT2D eigenvalue weighted by Crippen LogP contribution is -2.35. The number of carbonyl (C=O) groups excluding carboxylic acids is 1. The van der Waals surface area contributed by atoms with Crippen molar-refractivity contribution in [2.45, 2.75) is 11.3 Å². The highest BCUT2D eigenvalue weighted by Gasteiger charge is 2.18. The van der Waals surface area contributed by atoms with Gasteiger partial charge in [0.25, 0.3) is 0 Å². The smallest absolute Gasteiger partial charge is 0.243 e. The summed E-state index contributed by atoms with van der Waals surface area (Å²) in [5.74, 6) is -2.87. The molecule has 2 aromatic carbocycles. The van der Waals surface area contributed by atoms with Crippen LogP contribution in [0.4, 0.5) is 13.2 Å². The van der Waals surface area contributed by atoms with Crippen LogP contribution in [0.5, 0.6) is 0 Å². The SMILES string of the molecule is O=C(Cc1ccc(F)cc1)NCCNS(=O)(=O)c1ccc(F)cc1F. The molecule has 0 aliphatic carbocycles. The topological polar surface area (TPSA) is 75.3 Å². The van der Waals surface area contributed by atoms with Crippen LogP contribution in [0.1, 0.15) is 5.56 Å². The Morgan fingerprint density at radius 1 is 0.920 bits per heavy atom. The predicted octanol–water partition coefficient (Wildman–Crippen LogP) is 1.74. The molecule has 0 fully saturated rings. The van der Waals surface area contributed by atoms with Gasteiger partial charge < -0.3 is 5.32 Å². The van der Waals surface area contributed by atoms with E-state index in [4.69, 9.17) is 0 Å². The molecular weight excluding hydrogens is 357 g/mol. The van der Waals surface area contributed by atoms with E-state index in [1.807, 2.05) is 0 Å². The van der Waals surface area contributed by atoms with Gasteiger partial charge in [0.2, 0.25) is 15.9 Å². The summed E-state index contributed by atoms with van der Waals surface area (Å²) in [6.45, 7) is -0.198. The molecule has 0 atom stereocenters. The molecule has 2 N–H and O–H groups in total. The van der Waals surface area contributed by atoms with Crippen molar-refractivity contribution in [2.24, 2.45) is 0 Å². The zero-order valence-corrected chi connectivity index (χ0v) is 13.7. The second-order valence-electron chi connectivity index (χ2n) is 5.13. The van der Waals surface area contributed by atoms with E-state index in [-0.39, 0.29) is 25.4 Å². The van der Waals surface area contributed by atoms with Gasteiger partial charge in [-0.3, -0.25) is 4.79 Å². The van der Waals surface area contributed by atoms with Gasteiger partial charge in [-0.1, -0.05) is 12.1 Å². The second-order valence-corrected chi connectivity index (χ2v) is 6.86. The van der Waals surface area contributed by atoms with Crippen molar-refractivity contribution >= 4 is 15.9 Å². The van der Waals surface area contributed by atoms with Crippen LogP contribution in [0.2, 0.25) is 0 Å². The van der Waals surface area contributed by atoms with Crippen LogP contribution in [-0.2, 0) is 21.2 Å². The van der Waals surface area contributed by atoms with Gasteiger partial charge >= 0.3 is 0 Å². The van der Waals surface area contributed by atoms with Crippen molar-refractivity contribution in [3.8, 4) is 0 Å². The molecule has 0 spiro atoms. The van der Waals surface area contributed by atoms with E-state index >= 15 is 0 Å². The van der Waals surface area contributed by atoms with Crippen LogP contribution < -0.4 is 10.0 Å². The van der Waals surface area contributed by atoms with Gasteiger partial charge in [-0.05, 0) is 29.8 Å². The van der Waals surface area contributed by atoms with Gasteiger partial charge in [-0.15, -0.1) is 0 Å². The molecule has 25 heavy (non-hydrogen) atoms. The monoisotopic (exact) mass is 372 g/mol. The van der Waals surface area contributed by atoms with Gasteiger partial charge in [0, 0.05) is 19.2 Å². The van der Waals surface area contributed by atoms with Gasteiger partial charge in [-0.2, -0.15) is 0 Å². The maximum absolute atomic E-state index is 13.5. The Balaban J connectivity index is 1.81. The summed E-state index contributed by atoms with van der Waals surface area (Å²) in [6.07, 6.45) is 0.0135. The second kappa shape index (κ2) is 8.13. The highest BCUT2D eigenvalue weighted by Crippen LogP contribution is 2.14. The lowest BCUT2D eigenvalue weighted by Gasteiger charge is -2.09. The van der Waals surface area contributed by atoms with Gasteiger partial charge in [-0.25, -0.2) is 26.3 Å². The summed E-state index contributed by atoms with van der Waals surface area (Å²) >= 11 is 0. The number of nitrogens with one attached hydrogen (secondary N) is 2. The van der Waals surface area contributed by atoms with E-state index in [1.54, 1.807) is 0 Å². The van der Waals surface area contributed by atoms with Gasteiger partial charge in [0.15, 0.2) is 0 Å². The molecule has 1 amide bonds. The Morgan fingerprint density at radius 2 is 1.56 bits per heavy atom. The molecule has 9 heteroatoms. The Hall–Kier alpha value is -2.39. The molecule has 134 valence electrons. The first-order valence-corrected chi connectivity index (χ1v) is 8.72. The Labute approximate surface area is 142 Å². The highest BCUT2D eigenvalue weighted by molar-refractivity contribution is 7.89. The fourth-order valence-electron chi connectivity index (χ4n) is 2.01. The third-order valence-electron chi connectivity index (χ3n) is 3.20. The normalized spacial score (nSPS) is 11.3. The van der Waals surface area contributed by atoms with Crippen LogP contribution in [-0.4, -0.2) is 27.4 Å². The van der Waals surface area contributed by atoms with Crippen molar-refractivity contribution in [1.82, 2.24) is 10.0 Å². The number of halogens is 3. The van der Waals surface area contributed by atoms with E-state index < -0.39 is 32.4 Å². The molecule has 0 radical (unpaired) electrons. The maximum Gasteiger partial charge on any atom is 0.243 e. The minimum Gasteiger partial charge on any atom is -0.355 e. The summed E-state index contributed by atoms with van der Waals surface area (Å²) < 4.78 is 65.0. The Morgan fingerprint density at radius 3 is 2.20 bits per heavy atom. The molecule has 0 unspecified atom stereocenters. The molecule has 0 aromatic heterocycles. The van der Waals surface area contributed by atoms with E-state index in [0.717, 1.165) is 12.1 Å². The zero-order valence-electron chi connectivity index (χ0n) is 12.9. The van der Waals surface area contributed by atoms with E-state index in [9.17, 15) is 26.4 Å². The summed E-state index contributed by atoms with van der Waals surface area (Å²) in [7, 11) is -4.15. The molecule has 2 rings (SSSR count). The first kappa shape index (κ1) is 18.9. The molecule has 0 bridgehead atoms. The number of amides is 1. The van der Waals surface area contributed by atoms with Crippen molar-refractivity contribution in [2.75, 3.05) is 13.1 Å². The van der Waals surface area contributed by atoms with E-state index in [1.165, 1.54) is 24.3 Å². The standard InChI is InChI=1S/C16H15F3N2O3S/c17-12-3-1-11(2-4-12)9-16(22)20-7-8-21-25(23,24)15-6-5-13(18)10-14(15)19/h1-6,10,21H,7-9H2,(H,20,22). The van der Waals surface area contributed by atoms with E-state index in [2.05, 4.69) is 10.0 Å². The summed E-state index contributed by atoms with van der Waals surface area (Å²) in [5.41, 5.74) is 0.605. The van der Waals surface area contributed by atoms with Crippen LogP contribution in [0, 0.1) is 17.5 Å². The van der Waals surface area contributed by atoms with Crippen LogP contribution >= 0.6 is 0 Å². The fourth-order valence-corrected chi connectivity index (χ4v) is 3.10. The summed E-state index contributed by atoms with van der Waals surface area (Å²) in [4.78, 5) is 11.0. The summed E-state index contributed by atoms with van der Waals surface area (Å²) in [5, 5.41) is 2.48. The quantitative estimate of drug-likeness (QED) is 0.727. The minimum absolute atomic E-state index is 0.0135. The molecular formula is C16H15F3N2O3S. The van der Waals surface area contributed by atoms with Crippen LogP contribution in [0.3, 0.4) is 0 Å². The van der Waals surface area contributed by atoms with Gasteiger partial charge in [0.1, 0.15) is 22.3 Å². The maximum atomic E-state index is 13.5. The number of benzene rings is 2. The minimum atomic E-state index is -4.15. The first-order valence-electron chi connectivity index (χ1n) is 7.24. The van der Waals surface area contributed by atoms with Crippen LogP contribution in [0.15, 0.2) is 47.4 Å². The lowest BCUT2D eigenvalue weighted by atomic mass is 10.1. The molecule has 0 saturated carbocycles. The Bertz CT molecular complexity index is 855. The number of hydrogen-bond acceptors (Lipinski definition) is 3.